The molecule has 0 aliphatic carbocycles. The van der Waals surface area contributed by atoms with Crippen molar-refractivity contribution >= 4 is 17.3 Å². The summed E-state index contributed by atoms with van der Waals surface area (Å²) in [4.78, 5) is 22.8. The molecule has 1 atom stereocenters. The van der Waals surface area contributed by atoms with Crippen molar-refractivity contribution in [3.05, 3.63) is 63.7 Å². The summed E-state index contributed by atoms with van der Waals surface area (Å²) in [7, 11) is 0. The number of anilines is 1. The van der Waals surface area contributed by atoms with Crippen LogP contribution in [-0.4, -0.2) is 16.9 Å². The highest BCUT2D eigenvalue weighted by Crippen LogP contribution is 2.28. The molecule has 0 radical (unpaired) electrons. The number of nitro benzene ring substituents is 1. The zero-order valence-corrected chi connectivity index (χ0v) is 13.9. The van der Waals surface area contributed by atoms with Crippen LogP contribution in [0.25, 0.3) is 0 Å². The van der Waals surface area contributed by atoms with E-state index in [4.69, 9.17) is 4.74 Å². The maximum absolute atomic E-state index is 12.2. The van der Waals surface area contributed by atoms with Crippen molar-refractivity contribution in [3.8, 4) is 5.75 Å². The van der Waals surface area contributed by atoms with E-state index in [0.717, 1.165) is 12.0 Å². The van der Waals surface area contributed by atoms with Crippen molar-refractivity contribution in [1.29, 1.82) is 0 Å². The Morgan fingerprint density at radius 3 is 2.50 bits per heavy atom. The topological polar surface area (TPSA) is 81.5 Å². The first kappa shape index (κ1) is 17.5. The summed E-state index contributed by atoms with van der Waals surface area (Å²) in [6, 6.07) is 12.1. The van der Waals surface area contributed by atoms with Gasteiger partial charge in [-0.2, -0.15) is 0 Å². The van der Waals surface area contributed by atoms with Gasteiger partial charge in [0, 0.05) is 11.8 Å². The van der Waals surface area contributed by atoms with Crippen LogP contribution in [0.4, 0.5) is 11.4 Å². The van der Waals surface area contributed by atoms with Gasteiger partial charge in [0.25, 0.3) is 5.91 Å². The molecule has 2 rings (SSSR count). The van der Waals surface area contributed by atoms with E-state index in [1.54, 1.807) is 19.9 Å². The van der Waals surface area contributed by atoms with Crippen molar-refractivity contribution < 1.29 is 14.5 Å². The second-order valence-electron chi connectivity index (χ2n) is 5.53. The van der Waals surface area contributed by atoms with Gasteiger partial charge in [-0.3, -0.25) is 14.9 Å². The maximum Gasteiger partial charge on any atom is 0.311 e. The smallest absolute Gasteiger partial charge is 0.311 e. The number of carbonyl (C=O) groups is 1. The Labute approximate surface area is 140 Å². The monoisotopic (exact) mass is 328 g/mol. The average Bonchev–Trinajstić information content (AvgIpc) is 2.56. The van der Waals surface area contributed by atoms with Gasteiger partial charge in [0.1, 0.15) is 0 Å². The van der Waals surface area contributed by atoms with E-state index in [1.807, 2.05) is 24.3 Å². The second kappa shape index (κ2) is 7.59. The van der Waals surface area contributed by atoms with Gasteiger partial charge in [-0.1, -0.05) is 25.1 Å². The van der Waals surface area contributed by atoms with Crippen LogP contribution in [0.2, 0.25) is 0 Å². The first-order valence-corrected chi connectivity index (χ1v) is 7.72. The lowest BCUT2D eigenvalue weighted by Gasteiger charge is -2.15. The Bertz CT molecular complexity index is 741. The van der Waals surface area contributed by atoms with Gasteiger partial charge in [-0.15, -0.1) is 0 Å². The fourth-order valence-electron chi connectivity index (χ4n) is 2.18. The predicted octanol–water partition coefficient (Wildman–Crippen LogP) is 3.87. The van der Waals surface area contributed by atoms with Gasteiger partial charge < -0.3 is 10.1 Å². The molecule has 0 saturated heterocycles. The van der Waals surface area contributed by atoms with Crippen molar-refractivity contribution in [2.24, 2.45) is 0 Å². The third-order valence-corrected chi connectivity index (χ3v) is 3.61. The van der Waals surface area contributed by atoms with Crippen molar-refractivity contribution in [2.45, 2.75) is 33.3 Å². The van der Waals surface area contributed by atoms with Crippen LogP contribution in [-0.2, 0) is 11.2 Å². The first-order valence-electron chi connectivity index (χ1n) is 7.72. The predicted molar refractivity (Wildman–Crippen MR) is 92.4 cm³/mol. The van der Waals surface area contributed by atoms with E-state index >= 15 is 0 Å². The van der Waals surface area contributed by atoms with Crippen LogP contribution in [0.15, 0.2) is 42.5 Å². The van der Waals surface area contributed by atoms with Crippen LogP contribution in [0, 0.1) is 17.0 Å². The molecule has 0 aliphatic heterocycles. The molecule has 0 bridgehead atoms. The number of hydrogen-bond acceptors (Lipinski definition) is 4. The third kappa shape index (κ3) is 4.32. The minimum absolute atomic E-state index is 0.0783. The summed E-state index contributed by atoms with van der Waals surface area (Å²) in [6.07, 6.45) is 0.0578. The molecule has 24 heavy (non-hydrogen) atoms. The first-order chi connectivity index (χ1) is 11.4. The highest BCUT2D eigenvalue weighted by Gasteiger charge is 2.21. The van der Waals surface area contributed by atoms with E-state index < -0.39 is 11.0 Å². The molecule has 0 aliphatic rings. The fourth-order valence-corrected chi connectivity index (χ4v) is 2.18. The lowest BCUT2D eigenvalue weighted by molar-refractivity contribution is -0.386. The Hall–Kier alpha value is -2.89. The number of hydrogen-bond donors (Lipinski definition) is 1. The number of benzene rings is 2. The molecule has 6 heteroatoms. The minimum Gasteiger partial charge on any atom is -0.474 e. The van der Waals surface area contributed by atoms with Crippen LogP contribution < -0.4 is 10.1 Å². The zero-order valence-electron chi connectivity index (χ0n) is 13.9. The standard InChI is InChI=1S/C18H20N2O4/c1-4-14-6-8-15(9-7-14)19-18(21)13(3)24-17-10-5-12(2)11-16(17)20(22)23/h5-11,13H,4H2,1-3H3,(H,19,21)/t13-/m0/s1. The van der Waals surface area contributed by atoms with Crippen LogP contribution >= 0.6 is 0 Å². The molecule has 0 spiro atoms. The molecule has 0 heterocycles. The number of amides is 1. The van der Waals surface area contributed by atoms with E-state index in [2.05, 4.69) is 12.2 Å². The number of aryl methyl sites for hydroxylation is 2. The summed E-state index contributed by atoms with van der Waals surface area (Å²) >= 11 is 0. The average molecular weight is 328 g/mol. The summed E-state index contributed by atoms with van der Waals surface area (Å²) in [5.41, 5.74) is 2.43. The summed E-state index contributed by atoms with van der Waals surface area (Å²) in [5.74, 6) is -0.288. The van der Waals surface area contributed by atoms with Gasteiger partial charge in [0.05, 0.1) is 4.92 Å². The molecule has 2 aromatic rings. The highest BCUT2D eigenvalue weighted by molar-refractivity contribution is 5.94. The third-order valence-electron chi connectivity index (χ3n) is 3.61. The molecule has 6 nitrogen and oxygen atoms in total. The van der Waals surface area contributed by atoms with Crippen LogP contribution in [0.5, 0.6) is 5.75 Å². The molecule has 0 aromatic heterocycles. The Morgan fingerprint density at radius 2 is 1.92 bits per heavy atom. The maximum atomic E-state index is 12.2. The molecule has 1 N–H and O–H groups in total. The summed E-state index contributed by atoms with van der Waals surface area (Å²) in [5, 5.41) is 13.8. The number of nitro groups is 1. The largest absolute Gasteiger partial charge is 0.474 e. The van der Waals surface area contributed by atoms with Crippen LogP contribution in [0.1, 0.15) is 25.0 Å². The molecule has 1 amide bonds. The normalized spacial score (nSPS) is 11.6. The lowest BCUT2D eigenvalue weighted by atomic mass is 10.1. The van der Waals surface area contributed by atoms with Gasteiger partial charge >= 0.3 is 5.69 Å². The fraction of sp³-hybridized carbons (Fsp3) is 0.278. The van der Waals surface area contributed by atoms with Crippen molar-refractivity contribution in [1.82, 2.24) is 0 Å². The van der Waals surface area contributed by atoms with E-state index in [9.17, 15) is 14.9 Å². The molecular weight excluding hydrogens is 308 g/mol. The number of ether oxygens (including phenoxy) is 1. The van der Waals surface area contributed by atoms with Crippen LogP contribution in [0.3, 0.4) is 0 Å². The quantitative estimate of drug-likeness (QED) is 0.644. The molecule has 0 fully saturated rings. The van der Waals surface area contributed by atoms with E-state index in [0.29, 0.717) is 5.69 Å². The SMILES string of the molecule is CCc1ccc(NC(=O)[C@H](C)Oc2ccc(C)cc2[N+](=O)[O-])cc1. The van der Waals surface area contributed by atoms with Crippen molar-refractivity contribution in [3.63, 3.8) is 0 Å². The number of nitrogens with zero attached hydrogens (tertiary/aromatic N) is 1. The Kier molecular flexibility index (Phi) is 5.52. The Morgan fingerprint density at radius 1 is 1.25 bits per heavy atom. The number of carbonyl (C=O) groups excluding carboxylic acids is 1. The second-order valence-corrected chi connectivity index (χ2v) is 5.53. The number of nitrogens with one attached hydrogen (secondary N) is 1. The molecular formula is C18H20N2O4. The summed E-state index contributed by atoms with van der Waals surface area (Å²) < 4.78 is 5.49. The van der Waals surface area contributed by atoms with Gasteiger partial charge in [-0.25, -0.2) is 0 Å². The lowest BCUT2D eigenvalue weighted by Crippen LogP contribution is -2.30. The Balaban J connectivity index is 2.07. The van der Waals surface area contributed by atoms with Gasteiger partial charge in [0.15, 0.2) is 11.9 Å². The molecule has 126 valence electrons. The molecule has 0 unspecified atom stereocenters. The minimum atomic E-state index is -0.864. The van der Waals surface area contributed by atoms with Gasteiger partial charge in [-0.05, 0) is 49.6 Å². The zero-order chi connectivity index (χ0) is 17.7. The molecule has 0 saturated carbocycles. The summed E-state index contributed by atoms with van der Waals surface area (Å²) in [6.45, 7) is 5.37. The highest BCUT2D eigenvalue weighted by atomic mass is 16.6. The van der Waals surface area contributed by atoms with Crippen molar-refractivity contribution in [2.75, 3.05) is 5.32 Å². The number of rotatable bonds is 6. The van der Waals surface area contributed by atoms with Gasteiger partial charge in [0.2, 0.25) is 0 Å². The molecule has 2 aromatic carbocycles. The van der Waals surface area contributed by atoms with E-state index in [-0.39, 0.29) is 17.3 Å². The van der Waals surface area contributed by atoms with E-state index in [1.165, 1.54) is 17.7 Å².